The third-order valence-electron chi connectivity index (χ3n) is 4.66. The molecule has 4 atom stereocenters. The number of rotatable bonds is 6. The summed E-state index contributed by atoms with van der Waals surface area (Å²) in [4.78, 5) is 14.0. The summed E-state index contributed by atoms with van der Waals surface area (Å²) in [5.41, 5.74) is 1.84. The Morgan fingerprint density at radius 3 is 2.61 bits per heavy atom. The molecular formula is C18H20N4O5S. The largest absolute Gasteiger partial charge is 0.497 e. The highest BCUT2D eigenvalue weighted by Crippen LogP contribution is 2.32. The maximum absolute atomic E-state index is 10.3. The lowest BCUT2D eigenvalue weighted by Crippen LogP contribution is -2.33. The highest BCUT2D eigenvalue weighted by atomic mass is 32.2. The van der Waals surface area contributed by atoms with Gasteiger partial charge in [-0.15, -0.1) is 11.8 Å². The van der Waals surface area contributed by atoms with Crippen molar-refractivity contribution in [2.75, 3.05) is 13.7 Å². The molecule has 3 heterocycles. The Morgan fingerprint density at radius 2 is 1.93 bits per heavy atom. The summed E-state index contributed by atoms with van der Waals surface area (Å²) in [6.07, 6.45) is -1.17. The van der Waals surface area contributed by atoms with Crippen LogP contribution in [0.1, 0.15) is 11.9 Å². The molecule has 3 N–H and O–H groups in total. The Hall–Kier alpha value is -2.24. The van der Waals surface area contributed by atoms with E-state index in [2.05, 4.69) is 15.0 Å². The van der Waals surface area contributed by atoms with Gasteiger partial charge < -0.3 is 24.8 Å². The number of benzene rings is 1. The first kappa shape index (κ1) is 19.1. The first-order valence-corrected chi connectivity index (χ1v) is 9.66. The van der Waals surface area contributed by atoms with Gasteiger partial charge in [0.1, 0.15) is 35.9 Å². The monoisotopic (exact) mass is 404 g/mol. The zero-order chi connectivity index (χ0) is 19.7. The zero-order valence-corrected chi connectivity index (χ0v) is 15.9. The van der Waals surface area contributed by atoms with Gasteiger partial charge in [-0.05, 0) is 24.3 Å². The van der Waals surface area contributed by atoms with E-state index in [4.69, 9.17) is 9.47 Å². The van der Waals surface area contributed by atoms with Gasteiger partial charge in [0.2, 0.25) is 0 Å². The van der Waals surface area contributed by atoms with E-state index < -0.39 is 24.5 Å². The number of ether oxygens (including phenoxy) is 2. The van der Waals surface area contributed by atoms with Gasteiger partial charge in [-0.1, -0.05) is 0 Å². The van der Waals surface area contributed by atoms with E-state index in [0.29, 0.717) is 16.9 Å². The Balaban J connectivity index is 1.56. The molecular weight excluding hydrogens is 384 g/mol. The van der Waals surface area contributed by atoms with E-state index >= 15 is 0 Å². The van der Waals surface area contributed by atoms with Gasteiger partial charge in [-0.25, -0.2) is 15.0 Å². The molecule has 0 spiro atoms. The smallest absolute Gasteiger partial charge is 0.165 e. The van der Waals surface area contributed by atoms with Crippen LogP contribution in [-0.4, -0.2) is 66.9 Å². The number of imidazole rings is 1. The average Bonchev–Trinajstić information content (AvgIpc) is 3.28. The van der Waals surface area contributed by atoms with Crippen molar-refractivity contribution in [1.82, 2.24) is 19.5 Å². The van der Waals surface area contributed by atoms with E-state index in [1.807, 2.05) is 24.3 Å². The number of hydrogen-bond donors (Lipinski definition) is 3. The number of thioether (sulfide) groups is 1. The Bertz CT molecular complexity index is 951. The molecule has 148 valence electrons. The first-order valence-electron chi connectivity index (χ1n) is 8.68. The molecule has 0 aliphatic carbocycles. The quantitative estimate of drug-likeness (QED) is 0.510. The van der Waals surface area contributed by atoms with Crippen molar-refractivity contribution in [2.24, 2.45) is 0 Å². The topological polar surface area (TPSA) is 123 Å². The number of methoxy groups -OCH3 is 1. The van der Waals surface area contributed by atoms with Crippen LogP contribution < -0.4 is 4.74 Å². The second-order valence-electron chi connectivity index (χ2n) is 6.34. The van der Waals surface area contributed by atoms with Gasteiger partial charge >= 0.3 is 0 Å². The molecule has 2 aromatic heterocycles. The second-order valence-corrected chi connectivity index (χ2v) is 7.39. The third kappa shape index (κ3) is 3.45. The number of aliphatic hydroxyl groups excluding tert-OH is 3. The lowest BCUT2D eigenvalue weighted by atomic mass is 10.1. The minimum Gasteiger partial charge on any atom is -0.497 e. The minimum absolute atomic E-state index is 0.389. The molecule has 1 fully saturated rings. The van der Waals surface area contributed by atoms with Crippen LogP contribution in [0.4, 0.5) is 0 Å². The van der Waals surface area contributed by atoms with Gasteiger partial charge in [-0.3, -0.25) is 4.57 Å². The molecule has 1 aliphatic rings. The fourth-order valence-corrected chi connectivity index (χ4v) is 3.97. The molecule has 0 unspecified atom stereocenters. The summed E-state index contributed by atoms with van der Waals surface area (Å²) < 4.78 is 12.3. The highest BCUT2D eigenvalue weighted by molar-refractivity contribution is 7.98. The second kappa shape index (κ2) is 8.02. The van der Waals surface area contributed by atoms with Crippen LogP contribution in [0.15, 0.2) is 41.8 Å². The van der Waals surface area contributed by atoms with Crippen molar-refractivity contribution >= 4 is 22.9 Å². The summed E-state index contributed by atoms with van der Waals surface area (Å²) in [6.45, 7) is -0.389. The molecule has 0 bridgehead atoms. The molecule has 4 rings (SSSR count). The SMILES string of the molecule is COc1ccc(SCc2ncnc3c2ncn3[C@@H]2O[C@H](CO)[C@@H](O)[C@H]2O)cc1. The molecule has 1 saturated heterocycles. The molecule has 3 aromatic rings. The van der Waals surface area contributed by atoms with Crippen LogP contribution in [-0.2, 0) is 10.5 Å². The van der Waals surface area contributed by atoms with Crippen molar-refractivity contribution < 1.29 is 24.8 Å². The van der Waals surface area contributed by atoms with Crippen molar-refractivity contribution in [3.8, 4) is 5.75 Å². The molecule has 1 aliphatic heterocycles. The van der Waals surface area contributed by atoms with Gasteiger partial charge in [-0.2, -0.15) is 0 Å². The Labute approximate surface area is 165 Å². The maximum Gasteiger partial charge on any atom is 0.165 e. The molecule has 0 saturated carbocycles. The molecule has 0 radical (unpaired) electrons. The normalized spacial score (nSPS) is 24.7. The van der Waals surface area contributed by atoms with Crippen molar-refractivity contribution in [3.63, 3.8) is 0 Å². The number of hydrogen-bond acceptors (Lipinski definition) is 9. The van der Waals surface area contributed by atoms with E-state index in [1.165, 1.54) is 12.7 Å². The van der Waals surface area contributed by atoms with Crippen LogP contribution in [0, 0.1) is 0 Å². The van der Waals surface area contributed by atoms with E-state index in [1.54, 1.807) is 23.4 Å². The van der Waals surface area contributed by atoms with E-state index in [-0.39, 0.29) is 6.61 Å². The summed E-state index contributed by atoms with van der Waals surface area (Å²) in [7, 11) is 1.63. The Kier molecular flexibility index (Phi) is 5.47. The highest BCUT2D eigenvalue weighted by Gasteiger charge is 2.44. The molecule has 0 amide bonds. The molecule has 28 heavy (non-hydrogen) atoms. The Morgan fingerprint density at radius 1 is 1.14 bits per heavy atom. The number of aliphatic hydroxyl groups is 3. The average molecular weight is 404 g/mol. The fraction of sp³-hybridized carbons (Fsp3) is 0.389. The van der Waals surface area contributed by atoms with Crippen LogP contribution in [0.3, 0.4) is 0 Å². The number of nitrogens with zero attached hydrogens (tertiary/aromatic N) is 4. The van der Waals surface area contributed by atoms with Gasteiger partial charge in [0.15, 0.2) is 11.9 Å². The summed E-state index contributed by atoms with van der Waals surface area (Å²) in [5.74, 6) is 1.38. The van der Waals surface area contributed by atoms with Gasteiger partial charge in [0.25, 0.3) is 0 Å². The molecule has 9 nitrogen and oxygen atoms in total. The third-order valence-corrected chi connectivity index (χ3v) is 5.68. The van der Waals surface area contributed by atoms with E-state index in [0.717, 1.165) is 16.3 Å². The van der Waals surface area contributed by atoms with Crippen molar-refractivity contribution in [2.45, 2.75) is 35.2 Å². The van der Waals surface area contributed by atoms with Crippen LogP contribution in [0.25, 0.3) is 11.2 Å². The first-order chi connectivity index (χ1) is 13.6. The van der Waals surface area contributed by atoms with Crippen LogP contribution in [0.5, 0.6) is 5.75 Å². The fourth-order valence-electron chi connectivity index (χ4n) is 3.13. The number of fused-ring (bicyclic) bond motifs is 1. The van der Waals surface area contributed by atoms with E-state index in [9.17, 15) is 15.3 Å². The van der Waals surface area contributed by atoms with Crippen molar-refractivity contribution in [3.05, 3.63) is 42.6 Å². The van der Waals surface area contributed by atoms with Crippen molar-refractivity contribution in [1.29, 1.82) is 0 Å². The molecule has 10 heteroatoms. The number of aromatic nitrogens is 4. The minimum atomic E-state index is -1.19. The van der Waals surface area contributed by atoms with Gasteiger partial charge in [0, 0.05) is 10.6 Å². The van der Waals surface area contributed by atoms with Gasteiger partial charge in [0.05, 0.1) is 25.7 Å². The zero-order valence-electron chi connectivity index (χ0n) is 15.0. The standard InChI is InChI=1S/C18H20N4O5S/c1-26-10-2-4-11(5-3-10)28-7-12-14-17(20-8-19-12)22(9-21-14)18-16(25)15(24)13(6-23)27-18/h2-5,8-9,13,15-16,18,23-25H,6-7H2,1H3/t13-,15-,16-,18-/m1/s1. The summed E-state index contributed by atoms with van der Waals surface area (Å²) in [6, 6.07) is 7.74. The summed E-state index contributed by atoms with van der Waals surface area (Å²) in [5, 5.41) is 29.5. The van der Waals surface area contributed by atoms with Crippen LogP contribution in [0.2, 0.25) is 0 Å². The molecule has 1 aromatic carbocycles. The summed E-state index contributed by atoms with van der Waals surface area (Å²) >= 11 is 1.61. The maximum atomic E-state index is 10.3. The van der Waals surface area contributed by atoms with Crippen LogP contribution >= 0.6 is 11.8 Å². The lowest BCUT2D eigenvalue weighted by Gasteiger charge is -2.16. The lowest BCUT2D eigenvalue weighted by molar-refractivity contribution is -0.0511. The predicted octanol–water partition coefficient (Wildman–Crippen LogP) is 0.739. The predicted molar refractivity (Wildman–Crippen MR) is 101 cm³/mol.